The van der Waals surface area contributed by atoms with Crippen molar-refractivity contribution in [2.45, 2.75) is 29.6 Å². The lowest BCUT2D eigenvalue weighted by Gasteiger charge is -2.30. The van der Waals surface area contributed by atoms with Crippen molar-refractivity contribution in [2.75, 3.05) is 27.2 Å². The quantitative estimate of drug-likeness (QED) is 0.825. The van der Waals surface area contributed by atoms with E-state index in [0.717, 1.165) is 17.1 Å². The van der Waals surface area contributed by atoms with Gasteiger partial charge in [0.25, 0.3) is 0 Å². The maximum absolute atomic E-state index is 12.6. The minimum atomic E-state index is -3.55. The van der Waals surface area contributed by atoms with Crippen LogP contribution >= 0.6 is 0 Å². The predicted molar refractivity (Wildman–Crippen MR) is 84.5 cm³/mol. The van der Waals surface area contributed by atoms with Gasteiger partial charge >= 0.3 is 0 Å². The lowest BCUT2D eigenvalue weighted by Crippen LogP contribution is -2.39. The molecule has 0 N–H and O–H groups in total. The first-order valence-electron chi connectivity index (χ1n) is 7.18. The van der Waals surface area contributed by atoms with Crippen LogP contribution in [0.15, 0.2) is 34.1 Å². The second kappa shape index (κ2) is 6.27. The molecule has 0 aliphatic carbocycles. The molecule has 1 aromatic carbocycles. The maximum Gasteiger partial charge on any atom is 0.243 e. The van der Waals surface area contributed by atoms with Crippen LogP contribution < -0.4 is 0 Å². The fraction of sp³-hybridized carbons (Fsp3) is 0.571. The lowest BCUT2D eigenvalue weighted by atomic mass is 10.0. The number of hydrogen-bond acceptors (Lipinski definition) is 4. The van der Waals surface area contributed by atoms with Crippen molar-refractivity contribution >= 4 is 20.0 Å². The molecule has 1 aliphatic rings. The summed E-state index contributed by atoms with van der Waals surface area (Å²) in [5.74, 6) is 0.344. The van der Waals surface area contributed by atoms with E-state index in [1.807, 2.05) is 6.92 Å². The molecule has 0 unspecified atom stereocenters. The Balaban J connectivity index is 2.30. The number of sulfonamides is 2. The van der Waals surface area contributed by atoms with Crippen LogP contribution in [0.4, 0.5) is 0 Å². The highest BCUT2D eigenvalue weighted by molar-refractivity contribution is 7.89. The van der Waals surface area contributed by atoms with Crippen molar-refractivity contribution in [2.24, 2.45) is 5.92 Å². The Hall–Kier alpha value is -0.960. The Kier molecular flexibility index (Phi) is 4.96. The lowest BCUT2D eigenvalue weighted by molar-refractivity contribution is 0.281. The van der Waals surface area contributed by atoms with Gasteiger partial charge in [-0.05, 0) is 43.0 Å². The summed E-state index contributed by atoms with van der Waals surface area (Å²) in [6.07, 6.45) is 1.89. The average Bonchev–Trinajstić information content (AvgIpc) is 2.47. The summed E-state index contributed by atoms with van der Waals surface area (Å²) in [5, 5.41) is 0. The summed E-state index contributed by atoms with van der Waals surface area (Å²) in [6.45, 7) is 3.07. The molecule has 0 radical (unpaired) electrons. The van der Waals surface area contributed by atoms with Gasteiger partial charge in [0.05, 0.1) is 9.79 Å². The maximum atomic E-state index is 12.6. The van der Waals surface area contributed by atoms with E-state index in [1.165, 1.54) is 42.7 Å². The van der Waals surface area contributed by atoms with E-state index in [0.29, 0.717) is 19.0 Å². The number of piperidine rings is 1. The first-order valence-corrected chi connectivity index (χ1v) is 10.1. The number of nitrogens with zero attached hydrogens (tertiary/aromatic N) is 2. The van der Waals surface area contributed by atoms with Gasteiger partial charge in [-0.1, -0.05) is 6.92 Å². The van der Waals surface area contributed by atoms with Crippen molar-refractivity contribution in [3.63, 3.8) is 0 Å². The molecule has 1 aromatic rings. The Morgan fingerprint density at radius 1 is 1.05 bits per heavy atom. The summed E-state index contributed by atoms with van der Waals surface area (Å²) in [6, 6.07) is 5.42. The van der Waals surface area contributed by atoms with Gasteiger partial charge in [-0.2, -0.15) is 4.31 Å². The molecule has 1 heterocycles. The molecule has 8 heteroatoms. The van der Waals surface area contributed by atoms with Crippen LogP contribution in [0.25, 0.3) is 0 Å². The molecule has 124 valence electrons. The predicted octanol–water partition coefficient (Wildman–Crippen LogP) is 1.36. The number of rotatable bonds is 4. The van der Waals surface area contributed by atoms with Crippen LogP contribution in [-0.2, 0) is 20.0 Å². The molecule has 1 fully saturated rings. The molecule has 0 spiro atoms. The minimum Gasteiger partial charge on any atom is -0.207 e. The highest BCUT2D eigenvalue weighted by Crippen LogP contribution is 2.24. The van der Waals surface area contributed by atoms with E-state index >= 15 is 0 Å². The smallest absolute Gasteiger partial charge is 0.207 e. The molecule has 0 amide bonds. The highest BCUT2D eigenvalue weighted by Gasteiger charge is 2.29. The van der Waals surface area contributed by atoms with Gasteiger partial charge in [-0.3, -0.25) is 0 Å². The zero-order chi connectivity index (χ0) is 16.5. The third-order valence-electron chi connectivity index (χ3n) is 3.86. The molecular weight excluding hydrogens is 324 g/mol. The minimum absolute atomic E-state index is 0.0865. The molecule has 2 rings (SSSR count). The van der Waals surface area contributed by atoms with Crippen LogP contribution in [0.2, 0.25) is 0 Å². The largest absolute Gasteiger partial charge is 0.243 e. The van der Waals surface area contributed by atoms with Gasteiger partial charge in [-0.25, -0.2) is 21.1 Å². The average molecular weight is 346 g/mol. The van der Waals surface area contributed by atoms with Gasteiger partial charge in [0.1, 0.15) is 0 Å². The summed E-state index contributed by atoms with van der Waals surface area (Å²) in [4.78, 5) is 0.225. The molecule has 0 bridgehead atoms. The topological polar surface area (TPSA) is 74.8 Å². The zero-order valence-corrected chi connectivity index (χ0v) is 14.7. The van der Waals surface area contributed by atoms with Crippen molar-refractivity contribution < 1.29 is 16.8 Å². The Morgan fingerprint density at radius 2 is 1.59 bits per heavy atom. The third kappa shape index (κ3) is 3.34. The van der Waals surface area contributed by atoms with Gasteiger partial charge in [-0.15, -0.1) is 0 Å². The zero-order valence-electron chi connectivity index (χ0n) is 13.1. The van der Waals surface area contributed by atoms with E-state index in [4.69, 9.17) is 0 Å². The monoisotopic (exact) mass is 346 g/mol. The van der Waals surface area contributed by atoms with Gasteiger partial charge in [0.15, 0.2) is 0 Å². The summed E-state index contributed by atoms with van der Waals surface area (Å²) < 4.78 is 51.8. The molecule has 1 atom stereocenters. The SMILES string of the molecule is C[C@H]1CCCN(S(=O)(=O)c2ccc(S(=O)(=O)N(C)C)cc2)C1. The number of hydrogen-bond donors (Lipinski definition) is 0. The molecule has 0 saturated carbocycles. The van der Waals surface area contributed by atoms with Crippen LogP contribution in [0.5, 0.6) is 0 Å². The van der Waals surface area contributed by atoms with E-state index in [-0.39, 0.29) is 9.79 Å². The summed E-state index contributed by atoms with van der Waals surface area (Å²) >= 11 is 0. The third-order valence-corrected chi connectivity index (χ3v) is 7.57. The Bertz CT molecular complexity index is 725. The van der Waals surface area contributed by atoms with Crippen molar-refractivity contribution in [1.29, 1.82) is 0 Å². The number of benzene rings is 1. The molecule has 6 nitrogen and oxygen atoms in total. The first kappa shape index (κ1) is 17.4. The first-order chi connectivity index (χ1) is 10.2. The van der Waals surface area contributed by atoms with E-state index in [1.54, 1.807) is 0 Å². The van der Waals surface area contributed by atoms with E-state index in [2.05, 4.69) is 0 Å². The second-order valence-electron chi connectivity index (χ2n) is 5.87. The van der Waals surface area contributed by atoms with E-state index in [9.17, 15) is 16.8 Å². The van der Waals surface area contributed by atoms with E-state index < -0.39 is 20.0 Å². The van der Waals surface area contributed by atoms with Gasteiger partial charge in [0, 0.05) is 27.2 Å². The standard InChI is InChI=1S/C14H22N2O4S2/c1-12-5-4-10-16(11-12)22(19,20)14-8-6-13(7-9-14)21(17,18)15(2)3/h6-9,12H,4-5,10-11H2,1-3H3/t12-/m0/s1. The van der Waals surface area contributed by atoms with Crippen molar-refractivity contribution in [3.8, 4) is 0 Å². The molecule has 1 aliphatic heterocycles. The van der Waals surface area contributed by atoms with Crippen molar-refractivity contribution in [1.82, 2.24) is 8.61 Å². The van der Waals surface area contributed by atoms with Crippen LogP contribution in [0, 0.1) is 5.92 Å². The van der Waals surface area contributed by atoms with Crippen molar-refractivity contribution in [3.05, 3.63) is 24.3 Å². The van der Waals surface area contributed by atoms with Crippen LogP contribution in [0.1, 0.15) is 19.8 Å². The van der Waals surface area contributed by atoms with Crippen LogP contribution in [0.3, 0.4) is 0 Å². The molecular formula is C14H22N2O4S2. The summed E-state index contributed by atoms with van der Waals surface area (Å²) in [7, 11) is -4.22. The Morgan fingerprint density at radius 3 is 2.09 bits per heavy atom. The van der Waals surface area contributed by atoms with Crippen LogP contribution in [-0.4, -0.2) is 52.6 Å². The molecule has 1 saturated heterocycles. The molecule has 0 aromatic heterocycles. The van der Waals surface area contributed by atoms with Gasteiger partial charge in [0.2, 0.25) is 20.0 Å². The fourth-order valence-corrected chi connectivity index (χ4v) is 5.01. The fourth-order valence-electron chi connectivity index (χ4n) is 2.51. The highest BCUT2D eigenvalue weighted by atomic mass is 32.2. The normalized spacial score (nSPS) is 21.2. The van der Waals surface area contributed by atoms with Gasteiger partial charge < -0.3 is 0 Å². The second-order valence-corrected chi connectivity index (χ2v) is 9.96. The Labute approximate surface area is 132 Å². The summed E-state index contributed by atoms with van der Waals surface area (Å²) in [5.41, 5.74) is 0. The molecule has 22 heavy (non-hydrogen) atoms.